The summed E-state index contributed by atoms with van der Waals surface area (Å²) in [5, 5.41) is 12.4. The van der Waals surface area contributed by atoms with Crippen molar-refractivity contribution in [3.05, 3.63) is 0 Å². The van der Waals surface area contributed by atoms with Crippen LogP contribution < -0.4 is 5.32 Å². The Morgan fingerprint density at radius 3 is 2.42 bits per heavy atom. The van der Waals surface area contributed by atoms with Crippen LogP contribution in [0.5, 0.6) is 0 Å². The number of ether oxygens (including phenoxy) is 2. The van der Waals surface area contributed by atoms with Crippen molar-refractivity contribution in [2.24, 2.45) is 11.3 Å². The van der Waals surface area contributed by atoms with E-state index in [1.807, 2.05) is 6.92 Å². The van der Waals surface area contributed by atoms with Gasteiger partial charge in [0.05, 0.1) is 6.07 Å². The van der Waals surface area contributed by atoms with Gasteiger partial charge < -0.3 is 14.8 Å². The average molecular weight is 266 g/mol. The maximum Gasteiger partial charge on any atom is 0.240 e. The molecule has 0 saturated carbocycles. The van der Waals surface area contributed by atoms with Gasteiger partial charge in [-0.1, -0.05) is 0 Å². The zero-order chi connectivity index (χ0) is 13.7. The van der Waals surface area contributed by atoms with E-state index in [9.17, 15) is 10.1 Å². The molecule has 5 heteroatoms. The second-order valence-corrected chi connectivity index (χ2v) is 5.52. The van der Waals surface area contributed by atoms with E-state index < -0.39 is 5.41 Å². The molecule has 19 heavy (non-hydrogen) atoms. The lowest BCUT2D eigenvalue weighted by Gasteiger charge is -2.33. The number of nitrogens with zero attached hydrogens (tertiary/aromatic N) is 1. The number of amides is 1. The smallest absolute Gasteiger partial charge is 0.240 e. The first-order chi connectivity index (χ1) is 9.18. The molecular formula is C14H22N2O3. The molecule has 2 fully saturated rings. The van der Waals surface area contributed by atoms with Gasteiger partial charge in [0.2, 0.25) is 5.91 Å². The number of hydrogen-bond acceptors (Lipinski definition) is 4. The lowest BCUT2D eigenvalue weighted by molar-refractivity contribution is -0.133. The molecule has 2 aliphatic rings. The topological polar surface area (TPSA) is 71.4 Å². The van der Waals surface area contributed by atoms with E-state index in [1.54, 1.807) is 0 Å². The van der Waals surface area contributed by atoms with Gasteiger partial charge in [-0.2, -0.15) is 5.26 Å². The molecule has 1 atom stereocenters. The summed E-state index contributed by atoms with van der Waals surface area (Å²) in [7, 11) is 0. The maximum atomic E-state index is 12.4. The third kappa shape index (κ3) is 3.26. The Balaban J connectivity index is 1.93. The first-order valence-electron chi connectivity index (χ1n) is 7.06. The quantitative estimate of drug-likeness (QED) is 0.834. The molecule has 5 nitrogen and oxygen atoms in total. The average Bonchev–Trinajstić information content (AvgIpc) is 2.48. The monoisotopic (exact) mass is 266 g/mol. The summed E-state index contributed by atoms with van der Waals surface area (Å²) < 4.78 is 10.6. The summed E-state index contributed by atoms with van der Waals surface area (Å²) >= 11 is 0. The van der Waals surface area contributed by atoms with Crippen molar-refractivity contribution in [3.63, 3.8) is 0 Å². The van der Waals surface area contributed by atoms with Crippen LogP contribution in [0.3, 0.4) is 0 Å². The molecule has 0 aliphatic carbocycles. The highest BCUT2D eigenvalue weighted by atomic mass is 16.5. The third-order valence-corrected chi connectivity index (χ3v) is 4.33. The maximum absolute atomic E-state index is 12.4. The van der Waals surface area contributed by atoms with Gasteiger partial charge >= 0.3 is 0 Å². The van der Waals surface area contributed by atoms with Gasteiger partial charge in [-0.25, -0.2) is 0 Å². The van der Waals surface area contributed by atoms with Gasteiger partial charge in [-0.3, -0.25) is 4.79 Å². The Bertz CT molecular complexity index is 352. The molecule has 2 rings (SSSR count). The summed E-state index contributed by atoms with van der Waals surface area (Å²) in [6, 6.07) is 2.31. The van der Waals surface area contributed by atoms with E-state index in [0.717, 1.165) is 26.1 Å². The Kier molecular flexibility index (Phi) is 4.78. The fourth-order valence-electron chi connectivity index (χ4n) is 2.79. The largest absolute Gasteiger partial charge is 0.381 e. The number of rotatable bonds is 3. The second kappa shape index (κ2) is 6.36. The lowest BCUT2D eigenvalue weighted by Crippen LogP contribution is -2.49. The first-order valence-corrected chi connectivity index (χ1v) is 7.06. The van der Waals surface area contributed by atoms with Crippen molar-refractivity contribution in [2.45, 2.75) is 38.6 Å². The van der Waals surface area contributed by atoms with Gasteiger partial charge in [-0.15, -0.1) is 0 Å². The Morgan fingerprint density at radius 2 is 1.84 bits per heavy atom. The number of carbonyl (C=O) groups excluding carboxylic acids is 1. The molecule has 2 saturated heterocycles. The predicted molar refractivity (Wildman–Crippen MR) is 69.2 cm³/mol. The highest BCUT2D eigenvalue weighted by Crippen LogP contribution is 2.30. The molecule has 0 radical (unpaired) electrons. The van der Waals surface area contributed by atoms with Gasteiger partial charge in [-0.05, 0) is 38.5 Å². The van der Waals surface area contributed by atoms with E-state index in [1.165, 1.54) is 0 Å². The minimum absolute atomic E-state index is 0.101. The summed E-state index contributed by atoms with van der Waals surface area (Å²) in [6.45, 7) is 4.54. The summed E-state index contributed by atoms with van der Waals surface area (Å²) in [5.41, 5.74) is -0.891. The molecule has 0 aromatic heterocycles. The number of nitriles is 1. The van der Waals surface area contributed by atoms with E-state index >= 15 is 0 Å². The highest BCUT2D eigenvalue weighted by Gasteiger charge is 2.41. The lowest BCUT2D eigenvalue weighted by atomic mass is 9.80. The minimum atomic E-state index is -0.891. The van der Waals surface area contributed by atoms with E-state index in [4.69, 9.17) is 9.47 Å². The summed E-state index contributed by atoms with van der Waals surface area (Å²) in [6.07, 6.45) is 2.94. The van der Waals surface area contributed by atoms with E-state index in [0.29, 0.717) is 32.0 Å². The van der Waals surface area contributed by atoms with Crippen LogP contribution in [0, 0.1) is 22.7 Å². The van der Waals surface area contributed by atoms with Crippen molar-refractivity contribution < 1.29 is 14.3 Å². The molecule has 1 unspecified atom stereocenters. The molecule has 2 aliphatic heterocycles. The molecule has 0 bridgehead atoms. The van der Waals surface area contributed by atoms with E-state index in [-0.39, 0.29) is 11.9 Å². The van der Waals surface area contributed by atoms with Crippen LogP contribution in [-0.2, 0) is 14.3 Å². The van der Waals surface area contributed by atoms with Crippen LogP contribution in [0.25, 0.3) is 0 Å². The van der Waals surface area contributed by atoms with Crippen LogP contribution >= 0.6 is 0 Å². The van der Waals surface area contributed by atoms with Crippen LogP contribution in [0.2, 0.25) is 0 Å². The molecule has 0 spiro atoms. The van der Waals surface area contributed by atoms with Gasteiger partial charge in [0.15, 0.2) is 0 Å². The number of carbonyl (C=O) groups is 1. The Hall–Kier alpha value is -1.12. The fourth-order valence-corrected chi connectivity index (χ4v) is 2.79. The van der Waals surface area contributed by atoms with Crippen LogP contribution in [0.4, 0.5) is 0 Å². The zero-order valence-corrected chi connectivity index (χ0v) is 11.5. The molecular weight excluding hydrogens is 244 g/mol. The SMILES string of the molecule is CC(NC(=O)C1(C#N)CCOCC1)C1CCOCC1. The molecule has 1 amide bonds. The molecule has 0 aromatic carbocycles. The van der Waals surface area contributed by atoms with Crippen molar-refractivity contribution in [1.82, 2.24) is 5.32 Å². The standard InChI is InChI=1S/C14H22N2O3/c1-11(12-2-6-18-7-3-12)16-13(17)14(10-15)4-8-19-9-5-14/h11-12H,2-9H2,1H3,(H,16,17). The molecule has 1 N–H and O–H groups in total. The van der Waals surface area contributed by atoms with Crippen molar-refractivity contribution in [3.8, 4) is 6.07 Å². The normalized spacial score (nSPS) is 25.3. The van der Waals surface area contributed by atoms with E-state index in [2.05, 4.69) is 11.4 Å². The van der Waals surface area contributed by atoms with Crippen LogP contribution in [-0.4, -0.2) is 38.4 Å². The molecule has 106 valence electrons. The van der Waals surface area contributed by atoms with Gasteiger partial charge in [0.25, 0.3) is 0 Å². The zero-order valence-electron chi connectivity index (χ0n) is 11.5. The fraction of sp³-hybridized carbons (Fsp3) is 0.857. The number of hydrogen-bond donors (Lipinski definition) is 1. The second-order valence-electron chi connectivity index (χ2n) is 5.52. The minimum Gasteiger partial charge on any atom is -0.381 e. The molecule has 0 aromatic rings. The summed E-state index contributed by atoms with van der Waals surface area (Å²) in [4.78, 5) is 12.4. The van der Waals surface area contributed by atoms with Crippen LogP contribution in [0.15, 0.2) is 0 Å². The Morgan fingerprint density at radius 1 is 1.26 bits per heavy atom. The number of nitrogens with one attached hydrogen (secondary N) is 1. The van der Waals surface area contributed by atoms with Crippen molar-refractivity contribution >= 4 is 5.91 Å². The van der Waals surface area contributed by atoms with Crippen molar-refractivity contribution in [2.75, 3.05) is 26.4 Å². The summed E-state index contributed by atoms with van der Waals surface area (Å²) in [5.74, 6) is 0.325. The molecule has 2 heterocycles. The highest BCUT2D eigenvalue weighted by molar-refractivity contribution is 5.85. The van der Waals surface area contributed by atoms with Crippen molar-refractivity contribution in [1.29, 1.82) is 5.26 Å². The Labute approximate surface area is 114 Å². The third-order valence-electron chi connectivity index (χ3n) is 4.33. The predicted octanol–water partition coefficient (Wildman–Crippen LogP) is 1.24. The van der Waals surface area contributed by atoms with Gasteiger partial charge in [0, 0.05) is 32.5 Å². The van der Waals surface area contributed by atoms with Crippen LogP contribution in [0.1, 0.15) is 32.6 Å². The first kappa shape index (κ1) is 14.3. The van der Waals surface area contributed by atoms with Gasteiger partial charge in [0.1, 0.15) is 5.41 Å².